The molecular formula is C68H55N5O7S4. The van der Waals surface area contributed by atoms with Gasteiger partial charge in [0.25, 0.3) is 5.91 Å². The maximum absolute atomic E-state index is 15.5. The highest BCUT2D eigenvalue weighted by Gasteiger charge is 2.58. The van der Waals surface area contributed by atoms with E-state index in [1.165, 1.54) is 46.2 Å². The molecule has 12 rings (SSSR count). The van der Waals surface area contributed by atoms with E-state index in [2.05, 4.69) is 47.0 Å². The average Bonchev–Trinajstić information content (AvgIpc) is 2.80. The molecular weight excluding hydrogens is 1130 g/mol. The number of nitrogens with one attached hydrogen (secondary N) is 2. The van der Waals surface area contributed by atoms with Crippen LogP contribution in [0, 0.1) is 5.41 Å². The Morgan fingerprint density at radius 3 is 1.76 bits per heavy atom. The first-order valence-electron chi connectivity index (χ1n) is 27.2. The summed E-state index contributed by atoms with van der Waals surface area (Å²) in [6.07, 6.45) is 0. The minimum atomic E-state index is -1.37. The van der Waals surface area contributed by atoms with E-state index in [1.54, 1.807) is 41.7 Å². The molecule has 2 fully saturated rings. The molecule has 2 aliphatic rings. The molecule has 10 aromatic rings. The topological polar surface area (TPSA) is 149 Å². The molecule has 2 aromatic heterocycles. The van der Waals surface area contributed by atoms with Crippen molar-refractivity contribution in [3.05, 3.63) is 297 Å². The third-order valence-corrected chi connectivity index (χ3v) is 20.1. The molecule has 2 aliphatic heterocycles. The van der Waals surface area contributed by atoms with Crippen LogP contribution in [0.3, 0.4) is 0 Å². The Morgan fingerprint density at radius 1 is 0.690 bits per heavy atom. The third-order valence-electron chi connectivity index (χ3n) is 15.2. The number of hydrogen-bond donors (Lipinski definition) is 2. The molecule has 0 bridgehead atoms. The highest BCUT2D eigenvalue weighted by molar-refractivity contribution is 8.01. The predicted molar refractivity (Wildman–Crippen MR) is 336 cm³/mol. The number of rotatable bonds is 20. The molecule has 2 amide bonds. The minimum absolute atomic E-state index is 0.00314. The van der Waals surface area contributed by atoms with Crippen molar-refractivity contribution < 1.29 is 28.7 Å². The van der Waals surface area contributed by atoms with Crippen LogP contribution in [-0.2, 0) is 41.7 Å². The number of β-lactam (4-membered cyclic amide) rings is 1. The van der Waals surface area contributed by atoms with Gasteiger partial charge in [0.1, 0.15) is 40.4 Å². The van der Waals surface area contributed by atoms with E-state index in [9.17, 15) is 14.4 Å². The number of carbonyl (C=O) groups is 3. The van der Waals surface area contributed by atoms with Crippen molar-refractivity contribution in [3.8, 4) is 5.75 Å². The smallest absolute Gasteiger partial charge is 0.315 e. The van der Waals surface area contributed by atoms with Gasteiger partial charge in [0.2, 0.25) is 11.5 Å². The molecule has 0 aliphatic carbocycles. The molecule has 2 N–H and O–H groups in total. The summed E-state index contributed by atoms with van der Waals surface area (Å²) in [6, 6.07) is 75.0. The lowest BCUT2D eigenvalue weighted by molar-refractivity contribution is -0.162. The largest absolute Gasteiger partial charge is 0.497 e. The minimum Gasteiger partial charge on any atom is -0.497 e. The van der Waals surface area contributed by atoms with Crippen molar-refractivity contribution in [3.63, 3.8) is 0 Å². The van der Waals surface area contributed by atoms with Gasteiger partial charge >= 0.3 is 5.97 Å². The van der Waals surface area contributed by atoms with Crippen LogP contribution in [0.25, 0.3) is 10.1 Å². The van der Waals surface area contributed by atoms with E-state index in [4.69, 9.17) is 24.5 Å². The fraction of sp³-hybridized carbons (Fsp3) is 0.147. The number of thioether (sulfide) groups is 2. The maximum Gasteiger partial charge on any atom is 0.315 e. The van der Waals surface area contributed by atoms with Gasteiger partial charge in [-0.05, 0) is 46.5 Å². The number of esters is 1. The predicted octanol–water partition coefficient (Wildman–Crippen LogP) is 12.8. The summed E-state index contributed by atoms with van der Waals surface area (Å²) in [5, 5.41) is 14.1. The first-order valence-corrected chi connectivity index (χ1v) is 30.9. The second-order valence-electron chi connectivity index (χ2n) is 20.4. The van der Waals surface area contributed by atoms with E-state index in [0.29, 0.717) is 16.3 Å². The first kappa shape index (κ1) is 55.7. The van der Waals surface area contributed by atoms with Gasteiger partial charge in [-0.25, -0.2) is 4.98 Å². The Morgan fingerprint density at radius 2 is 1.21 bits per heavy atom. The molecule has 16 heteroatoms. The summed E-state index contributed by atoms with van der Waals surface area (Å²) in [6.45, 7) is 0.0286. The van der Waals surface area contributed by atoms with Gasteiger partial charge in [-0.1, -0.05) is 211 Å². The lowest BCUT2D eigenvalue weighted by Crippen LogP contribution is -2.74. The zero-order valence-corrected chi connectivity index (χ0v) is 48.7. The molecule has 2 unspecified atom stereocenters. The van der Waals surface area contributed by atoms with Gasteiger partial charge in [-0.3, -0.25) is 19.2 Å². The Hall–Kier alpha value is -8.80. The number of nitrogens with zero attached hydrogens (tertiary/aromatic N) is 3. The van der Waals surface area contributed by atoms with Crippen LogP contribution in [0.15, 0.2) is 256 Å². The Bertz CT molecular complexity index is 3840. The van der Waals surface area contributed by atoms with E-state index in [0.717, 1.165) is 47.9 Å². The normalized spacial score (nSPS) is 16.9. The Balaban J connectivity index is 0.891. The lowest BCUT2D eigenvalue weighted by Gasteiger charge is -2.54. The highest BCUT2D eigenvalue weighted by Crippen LogP contribution is 2.47. The van der Waals surface area contributed by atoms with Gasteiger partial charge in [-0.15, -0.1) is 46.2 Å². The lowest BCUT2D eigenvalue weighted by atomic mass is 9.77. The molecule has 84 heavy (non-hydrogen) atoms. The molecule has 4 heterocycles. The molecule has 0 saturated carbocycles. The van der Waals surface area contributed by atoms with Crippen LogP contribution in [0.2, 0.25) is 0 Å². The quantitative estimate of drug-likeness (QED) is 0.0188. The summed E-state index contributed by atoms with van der Waals surface area (Å²) in [5.41, 5.74) is 2.37. The van der Waals surface area contributed by atoms with Gasteiger partial charge in [0.15, 0.2) is 16.3 Å². The van der Waals surface area contributed by atoms with E-state index in [1.807, 2.05) is 176 Å². The monoisotopic (exact) mass is 1180 g/mol. The van der Waals surface area contributed by atoms with Gasteiger partial charge in [0.05, 0.1) is 11.3 Å². The van der Waals surface area contributed by atoms with Crippen molar-refractivity contribution in [2.45, 2.75) is 33.4 Å². The van der Waals surface area contributed by atoms with Crippen molar-refractivity contribution in [1.82, 2.24) is 15.2 Å². The molecule has 8 aromatic carbocycles. The summed E-state index contributed by atoms with van der Waals surface area (Å²) >= 11 is 5.58. The van der Waals surface area contributed by atoms with Gasteiger partial charge < -0.3 is 29.8 Å². The number of benzene rings is 8. The van der Waals surface area contributed by atoms with E-state index < -0.39 is 39.8 Å². The van der Waals surface area contributed by atoms with Crippen LogP contribution < -0.4 is 20.8 Å². The van der Waals surface area contributed by atoms with Gasteiger partial charge in [0, 0.05) is 56.3 Å². The van der Waals surface area contributed by atoms with Crippen molar-refractivity contribution in [1.29, 1.82) is 0 Å². The maximum atomic E-state index is 15.5. The molecule has 0 radical (unpaired) electrons. The third kappa shape index (κ3) is 11.0. The van der Waals surface area contributed by atoms with Crippen molar-refractivity contribution in [2.24, 2.45) is 10.6 Å². The number of ether oxygens (including phenoxy) is 2. The highest BCUT2D eigenvalue weighted by atomic mass is 32.2. The number of fused-ring (bicyclic) bond motifs is 2. The number of carbonyl (C=O) groups excluding carboxylic acids is 3. The van der Waals surface area contributed by atoms with Crippen LogP contribution in [0.5, 0.6) is 5.75 Å². The van der Waals surface area contributed by atoms with Crippen LogP contribution >= 0.6 is 46.2 Å². The van der Waals surface area contributed by atoms with Crippen LogP contribution in [0.1, 0.15) is 44.6 Å². The number of methoxy groups -OCH3 is 1. The SMILES string of the molecule is COc1ccc(COC(=O)C2(CSc3cc(=O)c4ccccc4s3)CS[C@@H]3C(NC(=O)C(=NOC(c4ccccc4)(c4ccccc4)c4ccccc4)c4csc(NC(c5ccccc5)(c5ccccc5)c5ccccc5)n4)C(=O)N3C2)cc1. The molecule has 418 valence electrons. The summed E-state index contributed by atoms with van der Waals surface area (Å²) < 4.78 is 13.0. The van der Waals surface area contributed by atoms with Crippen molar-refractivity contribution in [2.75, 3.05) is 30.5 Å². The zero-order chi connectivity index (χ0) is 57.5. The second kappa shape index (κ2) is 24.6. The fourth-order valence-electron chi connectivity index (χ4n) is 10.9. The number of aromatic nitrogens is 1. The molecule has 3 atom stereocenters. The number of amides is 2. The molecule has 2 saturated heterocycles. The Kier molecular flexibility index (Phi) is 16.3. The molecule has 12 nitrogen and oxygen atoms in total. The number of anilines is 1. The second-order valence-corrected chi connectivity index (χ2v) is 24.7. The standard InChI is InChI=1S/C68H55N5O7S4/c1-78-53-38-36-46(37-39-53)41-79-64(77)66(44-82-58-40-56(74)54-34-20-21-35-57(54)84-58)43-73-62(76)60(63(73)83-45-66)70-61(75)59(72-80-68(50-28-14-5-15-29-50,51-30-16-6-17-31-51)52-32-18-7-19-33-52)55-42-81-65(69-55)71-67(47-22-8-2-9-23-47,48-24-10-3-11-25-48)49-26-12-4-13-27-49/h2-40,42,60,63H,41,43-45H2,1H3,(H,69,71)(H,70,75)/t60?,63-,66?/m1/s1. The number of oxime groups is 1. The number of hydrogen-bond acceptors (Lipinski definition) is 14. The van der Waals surface area contributed by atoms with E-state index in [-0.39, 0.29) is 47.4 Å². The Labute approximate surface area is 502 Å². The summed E-state index contributed by atoms with van der Waals surface area (Å²) in [7, 11) is 1.59. The zero-order valence-electron chi connectivity index (χ0n) is 45.4. The number of thiazole rings is 1. The fourth-order valence-corrected chi connectivity index (χ4v) is 15.7. The average molecular weight is 1180 g/mol. The first-order chi connectivity index (χ1) is 41.2. The van der Waals surface area contributed by atoms with Crippen LogP contribution in [-0.4, -0.2) is 70.0 Å². The summed E-state index contributed by atoms with van der Waals surface area (Å²) in [5.74, 6) is -0.379. The van der Waals surface area contributed by atoms with Crippen LogP contribution in [0.4, 0.5) is 5.13 Å². The molecule has 0 spiro atoms. The van der Waals surface area contributed by atoms with E-state index >= 15 is 4.79 Å². The van der Waals surface area contributed by atoms with Gasteiger partial charge in [-0.2, -0.15) is 0 Å². The summed E-state index contributed by atoms with van der Waals surface area (Å²) in [4.78, 5) is 71.9. The van der Waals surface area contributed by atoms with Crippen molar-refractivity contribution >= 4 is 84.9 Å².